The van der Waals surface area contributed by atoms with Crippen molar-refractivity contribution in [1.82, 2.24) is 0 Å². The third-order valence-corrected chi connectivity index (χ3v) is 14.8. The Morgan fingerprint density at radius 1 is 0.395 bits per heavy atom. The number of carbonyl (C=O) groups excluding carboxylic acids is 2. The third-order valence-electron chi connectivity index (χ3n) is 14.8. The molecule has 440 valence electrons. The van der Waals surface area contributed by atoms with E-state index in [4.69, 9.17) is 18.9 Å². The van der Waals surface area contributed by atoms with Crippen LogP contribution in [0.1, 0.15) is 251 Å². The highest BCUT2D eigenvalue weighted by atomic mass is 19.1. The Hall–Kier alpha value is -6.49. The number of nitrogens with zero attached hydrogens (tertiary/aromatic N) is 2. The van der Waals surface area contributed by atoms with Gasteiger partial charge in [0.25, 0.3) is 0 Å². The van der Waals surface area contributed by atoms with Gasteiger partial charge in [0.2, 0.25) is 0 Å². The predicted molar refractivity (Wildman–Crippen MR) is 330 cm³/mol. The number of phenols is 2. The molecular weight excluding hydrogens is 1020 g/mol. The molecule has 5 aromatic rings. The Morgan fingerprint density at radius 2 is 0.716 bits per heavy atom. The lowest BCUT2D eigenvalue weighted by atomic mass is 10.0. The molecule has 0 aromatic heterocycles. The summed E-state index contributed by atoms with van der Waals surface area (Å²) in [5.74, 6) is -0.528. The lowest BCUT2D eigenvalue weighted by molar-refractivity contribution is 0.0724. The fourth-order valence-corrected chi connectivity index (χ4v) is 9.74. The van der Waals surface area contributed by atoms with Gasteiger partial charge in [-0.25, -0.2) is 14.0 Å². The number of phenolic OH excluding ortho intramolecular Hbond substituents is 2. The molecule has 0 bridgehead atoms. The normalized spacial score (nSPS) is 11.4. The standard InChI is InChI=1S/C70H95FN2O8/c1-3-5-7-9-11-13-15-17-19-21-23-25-27-29-31-33-49-78-61-42-35-56(36-43-61)69(76)80-63-46-39-58(67(74)52-63)54-72-60-41-48-65(71)66(51-60)73-55-59-40-47-64(53-68(59)75)81-70(77)57-37-44-62(45-38-57)79-50-34-32-30-28-26-24-22-20-18-16-14-12-10-8-6-4-2/h35-48,51-55,74-75H,3-34,49-50H2,1-2H3. The fraction of sp³-hybridized carbons (Fsp3) is 0.514. The molecule has 11 heteroatoms. The van der Waals surface area contributed by atoms with E-state index in [1.54, 1.807) is 60.7 Å². The second-order valence-corrected chi connectivity index (χ2v) is 21.7. The van der Waals surface area contributed by atoms with Gasteiger partial charge in [-0.05, 0) is 104 Å². The number of unbranched alkanes of at least 4 members (excludes halogenated alkanes) is 30. The van der Waals surface area contributed by atoms with Crippen molar-refractivity contribution in [1.29, 1.82) is 0 Å². The molecule has 0 heterocycles. The minimum atomic E-state index is -0.617. The first-order valence-corrected chi connectivity index (χ1v) is 31.2. The molecule has 10 nitrogen and oxygen atoms in total. The van der Waals surface area contributed by atoms with Crippen LogP contribution in [0.15, 0.2) is 113 Å². The molecule has 0 aliphatic carbocycles. The van der Waals surface area contributed by atoms with E-state index in [1.807, 2.05) is 0 Å². The van der Waals surface area contributed by atoms with Crippen LogP contribution in [0.5, 0.6) is 34.5 Å². The largest absolute Gasteiger partial charge is 0.507 e. The Morgan fingerprint density at radius 3 is 1.06 bits per heavy atom. The number of esters is 2. The first kappa shape index (κ1) is 65.3. The fourth-order valence-electron chi connectivity index (χ4n) is 9.74. The first-order chi connectivity index (χ1) is 39.7. The highest BCUT2D eigenvalue weighted by Gasteiger charge is 2.13. The monoisotopic (exact) mass is 1110 g/mol. The Bertz CT molecular complexity index is 2580. The van der Waals surface area contributed by atoms with Crippen LogP contribution in [0.2, 0.25) is 0 Å². The van der Waals surface area contributed by atoms with Gasteiger partial charge in [0.15, 0.2) is 0 Å². The highest BCUT2D eigenvalue weighted by molar-refractivity contribution is 5.93. The molecule has 0 spiro atoms. The van der Waals surface area contributed by atoms with Crippen LogP contribution in [-0.2, 0) is 0 Å². The molecular formula is C70H95FN2O8. The molecule has 5 rings (SSSR count). The van der Waals surface area contributed by atoms with Crippen molar-refractivity contribution in [3.8, 4) is 34.5 Å². The van der Waals surface area contributed by atoms with Crippen LogP contribution in [0, 0.1) is 5.82 Å². The van der Waals surface area contributed by atoms with E-state index in [0.717, 1.165) is 25.7 Å². The molecule has 2 N–H and O–H groups in total. The van der Waals surface area contributed by atoms with Gasteiger partial charge < -0.3 is 29.2 Å². The Balaban J connectivity index is 0.943. The van der Waals surface area contributed by atoms with Gasteiger partial charge >= 0.3 is 11.9 Å². The number of hydrogen-bond acceptors (Lipinski definition) is 10. The van der Waals surface area contributed by atoms with Gasteiger partial charge in [0.1, 0.15) is 46.0 Å². The van der Waals surface area contributed by atoms with E-state index < -0.39 is 17.8 Å². The zero-order valence-electron chi connectivity index (χ0n) is 49.1. The average Bonchev–Trinajstić information content (AvgIpc) is 3.50. The van der Waals surface area contributed by atoms with E-state index in [-0.39, 0.29) is 34.2 Å². The van der Waals surface area contributed by atoms with Crippen LogP contribution in [-0.4, -0.2) is 47.8 Å². The van der Waals surface area contributed by atoms with Gasteiger partial charge in [-0.1, -0.05) is 206 Å². The smallest absolute Gasteiger partial charge is 0.343 e. The van der Waals surface area contributed by atoms with Crippen molar-refractivity contribution in [2.75, 3.05) is 13.2 Å². The minimum Gasteiger partial charge on any atom is -0.507 e. The Labute approximate surface area is 485 Å². The molecule has 0 amide bonds. The Kier molecular flexibility index (Phi) is 32.8. The lowest BCUT2D eigenvalue weighted by Gasteiger charge is -2.09. The van der Waals surface area contributed by atoms with Crippen molar-refractivity contribution in [3.05, 3.63) is 131 Å². The summed E-state index contributed by atoms with van der Waals surface area (Å²) in [4.78, 5) is 34.5. The maximum Gasteiger partial charge on any atom is 0.343 e. The molecule has 0 fully saturated rings. The van der Waals surface area contributed by atoms with E-state index in [1.165, 1.54) is 235 Å². The number of carbonyl (C=O) groups is 2. The molecule has 0 saturated heterocycles. The van der Waals surface area contributed by atoms with Crippen molar-refractivity contribution in [2.45, 2.75) is 219 Å². The lowest BCUT2D eigenvalue weighted by Crippen LogP contribution is -2.08. The maximum atomic E-state index is 14.9. The van der Waals surface area contributed by atoms with E-state index in [9.17, 15) is 24.2 Å². The third kappa shape index (κ3) is 27.7. The van der Waals surface area contributed by atoms with Gasteiger partial charge in [0.05, 0.1) is 30.0 Å². The molecule has 0 saturated carbocycles. The second kappa shape index (κ2) is 40.6. The van der Waals surface area contributed by atoms with Crippen LogP contribution in [0.3, 0.4) is 0 Å². The SMILES string of the molecule is CCCCCCCCCCCCCCCCCCOc1ccc(C(=O)Oc2ccc(C=Nc3ccc(F)c(N=Cc4ccc(OC(=O)c5ccc(OCCCCCCCCCCCCCCCCCC)cc5)cc4O)c3)c(O)c2)cc1. The maximum absolute atomic E-state index is 14.9. The summed E-state index contributed by atoms with van der Waals surface area (Å²) in [5.41, 5.74) is 1.58. The number of aromatic hydroxyl groups is 2. The summed E-state index contributed by atoms with van der Waals surface area (Å²) in [7, 11) is 0. The summed E-state index contributed by atoms with van der Waals surface area (Å²) in [5, 5.41) is 21.5. The number of hydrogen-bond donors (Lipinski definition) is 2. The van der Waals surface area contributed by atoms with Crippen molar-refractivity contribution >= 4 is 35.7 Å². The summed E-state index contributed by atoms with van der Waals surface area (Å²) in [6, 6.07) is 26.4. The van der Waals surface area contributed by atoms with Gasteiger partial charge in [-0.3, -0.25) is 9.98 Å². The minimum absolute atomic E-state index is 0.0431. The van der Waals surface area contributed by atoms with Gasteiger partial charge in [-0.15, -0.1) is 0 Å². The number of benzene rings is 5. The van der Waals surface area contributed by atoms with Crippen LogP contribution in [0.4, 0.5) is 15.8 Å². The molecule has 0 unspecified atom stereocenters. The number of rotatable bonds is 44. The van der Waals surface area contributed by atoms with Crippen molar-refractivity contribution < 1.29 is 43.1 Å². The van der Waals surface area contributed by atoms with E-state index >= 15 is 0 Å². The highest BCUT2D eigenvalue weighted by Crippen LogP contribution is 2.29. The molecule has 5 aromatic carbocycles. The van der Waals surface area contributed by atoms with E-state index in [2.05, 4.69) is 23.8 Å². The predicted octanol–water partition coefficient (Wildman–Crippen LogP) is 20.5. The quantitative estimate of drug-likeness (QED) is 0.0170. The molecule has 0 aliphatic heterocycles. The topological polar surface area (TPSA) is 136 Å². The molecule has 0 radical (unpaired) electrons. The van der Waals surface area contributed by atoms with Crippen molar-refractivity contribution in [2.24, 2.45) is 9.98 Å². The average molecular weight is 1110 g/mol. The summed E-state index contributed by atoms with van der Waals surface area (Å²) < 4.78 is 37.8. The molecule has 0 aliphatic rings. The summed E-state index contributed by atoms with van der Waals surface area (Å²) in [6.07, 6.45) is 44.9. The molecule has 81 heavy (non-hydrogen) atoms. The molecule has 0 atom stereocenters. The second-order valence-electron chi connectivity index (χ2n) is 21.7. The zero-order valence-corrected chi connectivity index (χ0v) is 49.1. The van der Waals surface area contributed by atoms with Crippen LogP contribution < -0.4 is 18.9 Å². The van der Waals surface area contributed by atoms with Gasteiger partial charge in [-0.2, -0.15) is 0 Å². The number of aliphatic imine (C=N–C) groups is 2. The van der Waals surface area contributed by atoms with Gasteiger partial charge in [0, 0.05) is 35.7 Å². The van der Waals surface area contributed by atoms with E-state index in [0.29, 0.717) is 47.1 Å². The summed E-state index contributed by atoms with van der Waals surface area (Å²) >= 11 is 0. The van der Waals surface area contributed by atoms with Crippen LogP contribution in [0.25, 0.3) is 0 Å². The first-order valence-electron chi connectivity index (χ1n) is 31.2. The zero-order chi connectivity index (χ0) is 57.4. The number of halogens is 1. The van der Waals surface area contributed by atoms with Crippen LogP contribution >= 0.6 is 0 Å². The van der Waals surface area contributed by atoms with Crippen molar-refractivity contribution in [3.63, 3.8) is 0 Å². The summed E-state index contributed by atoms with van der Waals surface area (Å²) in [6.45, 7) is 5.80. The number of ether oxygens (including phenoxy) is 4.